The third-order valence-electron chi connectivity index (χ3n) is 9.13. The zero-order valence-electron chi connectivity index (χ0n) is 25.0. The first-order valence-electron chi connectivity index (χ1n) is 15.4. The number of aliphatic hydroxyl groups excluding tert-OH is 1. The average Bonchev–Trinajstić information content (AvgIpc) is 3.32. The lowest BCUT2D eigenvalue weighted by molar-refractivity contribution is -0.140. The summed E-state index contributed by atoms with van der Waals surface area (Å²) in [5.41, 5.74) is 0.807. The van der Waals surface area contributed by atoms with Crippen LogP contribution in [-0.2, 0) is 19.1 Å². The minimum Gasteiger partial charge on any atom is -0.494 e. The Morgan fingerprint density at radius 2 is 1.75 bits per heavy atom. The first-order valence-corrected chi connectivity index (χ1v) is 15.7. The maximum atomic E-state index is 14.6. The molecule has 2 fully saturated rings. The molecule has 44 heavy (non-hydrogen) atoms. The number of amides is 3. The van der Waals surface area contributed by atoms with Crippen molar-refractivity contribution in [1.82, 2.24) is 4.90 Å². The summed E-state index contributed by atoms with van der Waals surface area (Å²) < 4.78 is 12.3. The molecule has 0 aliphatic carbocycles. The maximum Gasteiger partial charge on any atom is 0.253 e. The summed E-state index contributed by atoms with van der Waals surface area (Å²) in [5, 5.41) is 9.77. The lowest BCUT2D eigenvalue weighted by Gasteiger charge is -2.36. The highest BCUT2D eigenvalue weighted by atomic mass is 35.5. The van der Waals surface area contributed by atoms with Gasteiger partial charge in [-0.15, -0.1) is 0 Å². The highest BCUT2D eigenvalue weighted by molar-refractivity contribution is 6.34. The van der Waals surface area contributed by atoms with Gasteiger partial charge >= 0.3 is 0 Å². The number of carbonyl (C=O) groups is 3. The third kappa shape index (κ3) is 5.01. The van der Waals surface area contributed by atoms with E-state index in [1.807, 2.05) is 74.5 Å². The molecule has 4 heterocycles. The number of benzene rings is 2. The number of halogens is 1. The number of unbranched alkanes of at least 4 members (excludes halogenated alkanes) is 2. The molecular weight excluding hydrogens is 582 g/mol. The van der Waals surface area contributed by atoms with Gasteiger partial charge in [0.25, 0.3) is 5.91 Å². The Labute approximate surface area is 262 Å². The number of hydrogen-bond acceptors (Lipinski definition) is 6. The van der Waals surface area contributed by atoms with E-state index in [4.69, 9.17) is 21.1 Å². The number of carbonyl (C=O) groups excluding carboxylic acids is 3. The molecule has 5 atom stereocenters. The number of para-hydroxylation sites is 1. The number of ether oxygens (including phenoxy) is 2. The summed E-state index contributed by atoms with van der Waals surface area (Å²) in [7, 11) is 0. The van der Waals surface area contributed by atoms with Crippen molar-refractivity contribution in [2.45, 2.75) is 50.9 Å². The molecule has 0 bridgehead atoms. The molecule has 0 radical (unpaired) electrons. The topological polar surface area (TPSA) is 99.6 Å². The van der Waals surface area contributed by atoms with Crippen LogP contribution in [0.15, 0.2) is 66.8 Å². The molecule has 6 rings (SSSR count). The van der Waals surface area contributed by atoms with Gasteiger partial charge in [0.15, 0.2) is 0 Å². The van der Waals surface area contributed by atoms with Crippen LogP contribution in [0.25, 0.3) is 0 Å². The Morgan fingerprint density at radius 1 is 0.977 bits per heavy atom. The van der Waals surface area contributed by atoms with E-state index in [0.29, 0.717) is 61.1 Å². The number of rotatable bonds is 9. The summed E-state index contributed by atoms with van der Waals surface area (Å²) in [6.07, 6.45) is 8.69. The van der Waals surface area contributed by atoms with Crippen LogP contribution in [0.5, 0.6) is 5.75 Å². The van der Waals surface area contributed by atoms with Crippen LogP contribution < -0.4 is 14.5 Å². The minimum atomic E-state index is -1.33. The Morgan fingerprint density at radius 3 is 2.48 bits per heavy atom. The van der Waals surface area contributed by atoms with Gasteiger partial charge in [0, 0.05) is 31.9 Å². The normalized spacial score (nSPS) is 27.7. The summed E-state index contributed by atoms with van der Waals surface area (Å²) >= 11 is 6.64. The molecule has 4 aliphatic rings. The van der Waals surface area contributed by atoms with Gasteiger partial charge in [0.1, 0.15) is 17.4 Å². The van der Waals surface area contributed by atoms with E-state index in [-0.39, 0.29) is 30.9 Å². The standard InChI is InChI=1S/C34H38ClN3O6/c1-3-43-24-15-13-23(14-16-24)36-19-8-12-26-27(31(36)40)28-32(41)38(18-5-4-6-21-39)30-33(42)37(20-9-17-34(28,30)44-26)29-22(2)10-7-11-25(29)35/h7-17,26-28,30,39H,3-6,18-21H2,1-2H3/t26-,27+,28+,30?,34+/m1/s1. The molecule has 10 heteroatoms. The van der Waals surface area contributed by atoms with Gasteiger partial charge in [-0.1, -0.05) is 48.0 Å². The molecule has 0 aromatic heterocycles. The first kappa shape index (κ1) is 30.4. The highest BCUT2D eigenvalue weighted by Crippen LogP contribution is 2.54. The summed E-state index contributed by atoms with van der Waals surface area (Å²) in [6, 6.07) is 11.8. The third-order valence-corrected chi connectivity index (χ3v) is 9.44. The van der Waals surface area contributed by atoms with E-state index in [0.717, 1.165) is 5.56 Å². The Bertz CT molecular complexity index is 1470. The van der Waals surface area contributed by atoms with E-state index >= 15 is 0 Å². The maximum absolute atomic E-state index is 14.6. The number of hydrogen-bond donors (Lipinski definition) is 1. The fourth-order valence-corrected chi connectivity index (χ4v) is 7.56. The van der Waals surface area contributed by atoms with E-state index in [1.54, 1.807) is 20.8 Å². The van der Waals surface area contributed by atoms with Crippen molar-refractivity contribution < 1.29 is 29.0 Å². The van der Waals surface area contributed by atoms with Gasteiger partial charge in [0.2, 0.25) is 11.8 Å². The zero-order valence-corrected chi connectivity index (χ0v) is 25.8. The first-order chi connectivity index (χ1) is 21.3. The molecular formula is C34H38ClN3O6. The van der Waals surface area contributed by atoms with Crippen molar-refractivity contribution in [3.8, 4) is 5.75 Å². The molecule has 3 amide bonds. The van der Waals surface area contributed by atoms with Crippen LogP contribution in [-0.4, -0.2) is 78.3 Å². The van der Waals surface area contributed by atoms with Crippen LogP contribution in [0.3, 0.4) is 0 Å². The molecule has 9 nitrogen and oxygen atoms in total. The van der Waals surface area contributed by atoms with Crippen molar-refractivity contribution in [2.24, 2.45) is 11.8 Å². The lowest BCUT2D eigenvalue weighted by Crippen LogP contribution is -2.55. The van der Waals surface area contributed by atoms with E-state index in [2.05, 4.69) is 0 Å². The number of anilines is 2. The predicted molar refractivity (Wildman–Crippen MR) is 168 cm³/mol. The summed E-state index contributed by atoms with van der Waals surface area (Å²) in [4.78, 5) is 48.4. The van der Waals surface area contributed by atoms with Crippen molar-refractivity contribution in [2.75, 3.05) is 42.6 Å². The fraction of sp³-hybridized carbons (Fsp3) is 0.441. The van der Waals surface area contributed by atoms with E-state index < -0.39 is 29.6 Å². The molecule has 1 unspecified atom stereocenters. The SMILES string of the molecule is CCOc1ccc(N2CC=C[C@H]3O[C@]45C=CCN(c6c(C)cccc6Cl)C(=O)C4N(CCCCCO)C(=O)[C@@H]5[C@H]3C2=O)cc1. The molecule has 232 valence electrons. The number of aryl methyl sites for hydroxylation is 1. The molecule has 1 spiro atoms. The number of fused-ring (bicyclic) bond motifs is 2. The summed E-state index contributed by atoms with van der Waals surface area (Å²) in [5.74, 6) is -1.77. The number of aliphatic hydroxyl groups is 1. The lowest BCUT2D eigenvalue weighted by atomic mass is 9.77. The largest absolute Gasteiger partial charge is 0.494 e. The van der Waals surface area contributed by atoms with Gasteiger partial charge in [-0.2, -0.15) is 0 Å². The second kappa shape index (κ2) is 12.4. The van der Waals surface area contributed by atoms with Gasteiger partial charge in [0.05, 0.1) is 35.3 Å². The average molecular weight is 620 g/mol. The van der Waals surface area contributed by atoms with Crippen molar-refractivity contribution in [1.29, 1.82) is 0 Å². The zero-order chi connectivity index (χ0) is 31.0. The van der Waals surface area contributed by atoms with Gasteiger partial charge < -0.3 is 29.3 Å². The second-order valence-corrected chi connectivity index (χ2v) is 12.1. The summed E-state index contributed by atoms with van der Waals surface area (Å²) in [6.45, 7) is 5.30. The van der Waals surface area contributed by atoms with Crippen LogP contribution in [0.4, 0.5) is 11.4 Å². The Hall–Kier alpha value is -3.66. The Kier molecular flexibility index (Phi) is 8.55. The fourth-order valence-electron chi connectivity index (χ4n) is 7.23. The van der Waals surface area contributed by atoms with Crippen LogP contribution >= 0.6 is 11.6 Å². The quantitative estimate of drug-likeness (QED) is 0.332. The van der Waals surface area contributed by atoms with Gasteiger partial charge in [-0.3, -0.25) is 14.4 Å². The van der Waals surface area contributed by atoms with Crippen LogP contribution in [0.1, 0.15) is 31.7 Å². The number of nitrogens with zero attached hydrogens (tertiary/aromatic N) is 3. The molecule has 0 saturated carbocycles. The predicted octanol–water partition coefficient (Wildman–Crippen LogP) is 4.30. The molecule has 2 aromatic rings. The van der Waals surface area contributed by atoms with Crippen molar-refractivity contribution >= 4 is 40.7 Å². The van der Waals surface area contributed by atoms with Crippen molar-refractivity contribution in [3.63, 3.8) is 0 Å². The highest BCUT2D eigenvalue weighted by Gasteiger charge is 2.71. The number of likely N-dealkylation sites (tertiary alicyclic amines) is 1. The monoisotopic (exact) mass is 619 g/mol. The van der Waals surface area contributed by atoms with Crippen molar-refractivity contribution in [3.05, 3.63) is 77.4 Å². The Balaban J connectivity index is 1.40. The van der Waals surface area contributed by atoms with E-state index in [1.165, 1.54) is 0 Å². The smallest absolute Gasteiger partial charge is 0.253 e. The molecule has 2 aromatic carbocycles. The van der Waals surface area contributed by atoms with E-state index in [9.17, 15) is 19.5 Å². The molecule has 2 saturated heterocycles. The van der Waals surface area contributed by atoms with Gasteiger partial charge in [-0.25, -0.2) is 0 Å². The minimum absolute atomic E-state index is 0.0558. The molecule has 1 N–H and O–H groups in total. The van der Waals surface area contributed by atoms with Gasteiger partial charge in [-0.05, 0) is 69.0 Å². The second-order valence-electron chi connectivity index (χ2n) is 11.7. The van der Waals surface area contributed by atoms with Crippen LogP contribution in [0, 0.1) is 18.8 Å². The molecule has 4 aliphatic heterocycles. The van der Waals surface area contributed by atoms with Crippen LogP contribution in [0.2, 0.25) is 5.02 Å².